The van der Waals surface area contributed by atoms with Crippen molar-refractivity contribution in [3.8, 4) is 0 Å². The van der Waals surface area contributed by atoms with Gasteiger partial charge < -0.3 is 16.0 Å². The largest absolute Gasteiger partial charge is 0.349 e. The predicted octanol–water partition coefficient (Wildman–Crippen LogP) is 3.07. The van der Waals surface area contributed by atoms with E-state index in [4.69, 9.17) is 0 Å². The average Bonchev–Trinajstić information content (AvgIpc) is 3.28. The highest BCUT2D eigenvalue weighted by atomic mass is 16.2. The van der Waals surface area contributed by atoms with Crippen LogP contribution in [-0.4, -0.2) is 28.9 Å². The highest BCUT2D eigenvalue weighted by Crippen LogP contribution is 2.30. The quantitative estimate of drug-likeness (QED) is 0.787. The Morgan fingerprint density at radius 1 is 1.08 bits per heavy atom. The van der Waals surface area contributed by atoms with Crippen LogP contribution in [0, 0.1) is 5.92 Å². The monoisotopic (exact) mass is 343 g/mol. The van der Waals surface area contributed by atoms with Gasteiger partial charge in [-0.05, 0) is 71.6 Å². The molecule has 3 rings (SSSR count). The van der Waals surface area contributed by atoms with Crippen molar-refractivity contribution in [1.82, 2.24) is 10.6 Å². The molecular formula is C20H29N3O2. The minimum absolute atomic E-state index is 0.0141. The molecule has 1 saturated heterocycles. The number of anilines is 1. The Morgan fingerprint density at radius 2 is 1.72 bits per heavy atom. The van der Waals surface area contributed by atoms with Crippen molar-refractivity contribution in [3.05, 3.63) is 29.8 Å². The first-order chi connectivity index (χ1) is 11.6. The minimum Gasteiger partial charge on any atom is -0.349 e. The van der Waals surface area contributed by atoms with Gasteiger partial charge in [0.05, 0.1) is 0 Å². The number of rotatable bonds is 4. The van der Waals surface area contributed by atoms with Crippen LogP contribution in [0.15, 0.2) is 24.3 Å². The molecule has 2 fully saturated rings. The van der Waals surface area contributed by atoms with E-state index in [1.807, 2.05) is 12.1 Å². The zero-order valence-electron chi connectivity index (χ0n) is 15.6. The summed E-state index contributed by atoms with van der Waals surface area (Å²) in [7, 11) is 0. The molecule has 0 spiro atoms. The maximum Gasteiger partial charge on any atom is 0.251 e. The number of hydrogen-bond donors (Lipinski definition) is 3. The average molecular weight is 343 g/mol. The van der Waals surface area contributed by atoms with Crippen LogP contribution < -0.4 is 16.0 Å². The molecule has 25 heavy (non-hydrogen) atoms. The molecule has 1 aromatic rings. The fourth-order valence-electron chi connectivity index (χ4n) is 4.02. The van der Waals surface area contributed by atoms with Gasteiger partial charge in [0.15, 0.2) is 0 Å². The number of nitrogens with one attached hydrogen (secondary N) is 3. The van der Waals surface area contributed by atoms with Crippen molar-refractivity contribution in [3.63, 3.8) is 0 Å². The molecule has 0 aromatic heterocycles. The van der Waals surface area contributed by atoms with E-state index in [0.717, 1.165) is 25.7 Å². The van der Waals surface area contributed by atoms with Crippen molar-refractivity contribution in [1.29, 1.82) is 0 Å². The molecule has 1 aromatic carbocycles. The van der Waals surface area contributed by atoms with E-state index < -0.39 is 0 Å². The molecule has 0 radical (unpaired) electrons. The summed E-state index contributed by atoms with van der Waals surface area (Å²) in [6.07, 6.45) is 3.71. The Morgan fingerprint density at radius 3 is 2.32 bits per heavy atom. The van der Waals surface area contributed by atoms with Crippen LogP contribution in [0.25, 0.3) is 0 Å². The van der Waals surface area contributed by atoms with Crippen molar-refractivity contribution in [2.24, 2.45) is 5.92 Å². The second-order valence-electron chi connectivity index (χ2n) is 8.82. The maximum absolute atomic E-state index is 12.7. The lowest BCUT2D eigenvalue weighted by Crippen LogP contribution is -2.62. The lowest BCUT2D eigenvalue weighted by Gasteiger charge is -2.46. The van der Waals surface area contributed by atoms with Crippen LogP contribution in [0.2, 0.25) is 0 Å². The summed E-state index contributed by atoms with van der Waals surface area (Å²) in [5, 5.41) is 9.69. The molecule has 0 bridgehead atoms. The number of carbonyl (C=O) groups is 2. The highest BCUT2D eigenvalue weighted by Gasteiger charge is 2.38. The first-order valence-corrected chi connectivity index (χ1v) is 9.15. The van der Waals surface area contributed by atoms with E-state index in [9.17, 15) is 9.59 Å². The molecule has 1 saturated carbocycles. The van der Waals surface area contributed by atoms with E-state index in [1.54, 1.807) is 12.1 Å². The van der Waals surface area contributed by atoms with Gasteiger partial charge in [-0.3, -0.25) is 9.59 Å². The van der Waals surface area contributed by atoms with Gasteiger partial charge in [-0.2, -0.15) is 0 Å². The number of carbonyl (C=O) groups excluding carboxylic acids is 2. The Labute approximate surface area is 150 Å². The zero-order valence-corrected chi connectivity index (χ0v) is 15.6. The van der Waals surface area contributed by atoms with E-state index in [2.05, 4.69) is 43.6 Å². The molecule has 2 aliphatic rings. The molecule has 0 atom stereocenters. The lowest BCUT2D eigenvalue weighted by atomic mass is 9.79. The maximum atomic E-state index is 12.7. The summed E-state index contributed by atoms with van der Waals surface area (Å²) in [5.74, 6) is 0.122. The van der Waals surface area contributed by atoms with Crippen LogP contribution in [0.4, 0.5) is 5.69 Å². The number of hydrogen-bond acceptors (Lipinski definition) is 3. The van der Waals surface area contributed by atoms with Gasteiger partial charge in [0, 0.05) is 34.3 Å². The van der Waals surface area contributed by atoms with Crippen molar-refractivity contribution in [2.75, 3.05) is 5.32 Å². The molecule has 2 amide bonds. The normalized spacial score (nSPS) is 22.2. The van der Waals surface area contributed by atoms with Gasteiger partial charge in [-0.25, -0.2) is 0 Å². The van der Waals surface area contributed by atoms with E-state index >= 15 is 0 Å². The number of amides is 2. The van der Waals surface area contributed by atoms with Crippen molar-refractivity contribution < 1.29 is 9.59 Å². The summed E-state index contributed by atoms with van der Waals surface area (Å²) >= 11 is 0. The highest BCUT2D eigenvalue weighted by molar-refractivity contribution is 5.98. The molecule has 5 heteroatoms. The molecule has 1 aliphatic carbocycles. The van der Waals surface area contributed by atoms with Crippen LogP contribution in [0.3, 0.4) is 0 Å². The molecule has 1 aliphatic heterocycles. The van der Waals surface area contributed by atoms with Gasteiger partial charge in [-0.15, -0.1) is 0 Å². The van der Waals surface area contributed by atoms with Gasteiger partial charge in [-0.1, -0.05) is 6.07 Å². The number of benzene rings is 1. The van der Waals surface area contributed by atoms with Gasteiger partial charge >= 0.3 is 0 Å². The first kappa shape index (κ1) is 17.9. The lowest BCUT2D eigenvalue weighted by molar-refractivity contribution is -0.117. The standard InChI is InChI=1S/C20H29N3O2/c1-19(2)11-16(12-20(3,4)23-19)22-18(25)14-6-5-7-15(10-14)21-17(24)13-8-9-13/h5-7,10,13,16,23H,8-9,11-12H2,1-4H3,(H,21,24)(H,22,25). The van der Waals surface area contributed by atoms with Gasteiger partial charge in [0.2, 0.25) is 5.91 Å². The topological polar surface area (TPSA) is 70.2 Å². The van der Waals surface area contributed by atoms with Crippen LogP contribution in [0.1, 0.15) is 63.7 Å². The van der Waals surface area contributed by atoms with Gasteiger partial charge in [0.1, 0.15) is 0 Å². The molecule has 5 nitrogen and oxygen atoms in total. The summed E-state index contributed by atoms with van der Waals surface area (Å²) in [6, 6.07) is 7.32. The molecule has 1 heterocycles. The third-order valence-electron chi connectivity index (χ3n) is 4.87. The van der Waals surface area contributed by atoms with E-state index in [0.29, 0.717) is 11.3 Å². The van der Waals surface area contributed by atoms with Crippen molar-refractivity contribution in [2.45, 2.75) is 70.5 Å². The Kier molecular flexibility index (Phi) is 4.62. The Bertz CT molecular complexity index is 661. The second kappa shape index (κ2) is 6.45. The Balaban J connectivity index is 1.65. The molecule has 3 N–H and O–H groups in total. The summed E-state index contributed by atoms with van der Waals surface area (Å²) in [4.78, 5) is 24.6. The van der Waals surface area contributed by atoms with Crippen LogP contribution >= 0.6 is 0 Å². The summed E-state index contributed by atoms with van der Waals surface area (Å²) in [5.41, 5.74) is 1.25. The van der Waals surface area contributed by atoms with Crippen LogP contribution in [0.5, 0.6) is 0 Å². The first-order valence-electron chi connectivity index (χ1n) is 9.15. The van der Waals surface area contributed by atoms with E-state index in [-0.39, 0.29) is 34.9 Å². The van der Waals surface area contributed by atoms with Crippen LogP contribution in [-0.2, 0) is 4.79 Å². The van der Waals surface area contributed by atoms with Gasteiger partial charge in [0.25, 0.3) is 5.91 Å². The summed E-state index contributed by atoms with van der Waals surface area (Å²) < 4.78 is 0. The predicted molar refractivity (Wildman–Crippen MR) is 99.6 cm³/mol. The zero-order chi connectivity index (χ0) is 18.2. The summed E-state index contributed by atoms with van der Waals surface area (Å²) in [6.45, 7) is 8.67. The fourth-order valence-corrected chi connectivity index (χ4v) is 4.02. The van der Waals surface area contributed by atoms with E-state index in [1.165, 1.54) is 0 Å². The molecule has 136 valence electrons. The smallest absolute Gasteiger partial charge is 0.251 e. The SMILES string of the molecule is CC1(C)CC(NC(=O)c2cccc(NC(=O)C3CC3)c2)CC(C)(C)N1. The fraction of sp³-hybridized carbons (Fsp3) is 0.600. The third kappa shape index (κ3) is 4.82. The molecular weight excluding hydrogens is 314 g/mol. The minimum atomic E-state index is -0.0824. The Hall–Kier alpha value is -1.88. The number of piperidine rings is 1. The second-order valence-corrected chi connectivity index (χ2v) is 8.82. The third-order valence-corrected chi connectivity index (χ3v) is 4.87. The molecule has 0 unspecified atom stereocenters. The van der Waals surface area contributed by atoms with Crippen molar-refractivity contribution >= 4 is 17.5 Å².